The molecule has 0 atom stereocenters. The van der Waals surface area contributed by atoms with Gasteiger partial charge in [-0.25, -0.2) is 0 Å². The van der Waals surface area contributed by atoms with Crippen LogP contribution in [-0.2, 0) is 0 Å². The fraction of sp³-hybridized carbons (Fsp3) is 1.00. The molecule has 4 heteroatoms. The summed E-state index contributed by atoms with van der Waals surface area (Å²) in [6, 6.07) is 0. The molecule has 2 nitrogen and oxygen atoms in total. The predicted molar refractivity (Wildman–Crippen MR) is 120 cm³/mol. The lowest BCUT2D eigenvalue weighted by Crippen LogP contribution is -1.99. The van der Waals surface area contributed by atoms with Crippen LogP contribution < -0.4 is 5.73 Å². The lowest BCUT2D eigenvalue weighted by molar-refractivity contribution is 0.505. The van der Waals surface area contributed by atoms with Gasteiger partial charge in [-0.05, 0) is 34.1 Å². The molecule has 0 spiro atoms. The zero-order chi connectivity index (χ0) is 16.2. The zero-order valence-corrected chi connectivity index (χ0v) is 19.9. The average Bonchev–Trinajstić information content (AvgIpc) is 2.43. The first-order valence-electron chi connectivity index (χ1n) is 9.46. The number of hydrogen-bond acceptors (Lipinski definition) is 2. The van der Waals surface area contributed by atoms with Crippen molar-refractivity contribution in [2.45, 2.75) is 96.8 Å². The molecule has 0 saturated carbocycles. The maximum atomic E-state index is 5.47. The molecule has 0 aliphatic heterocycles. The molecular weight excluding hydrogens is 416 g/mol. The van der Waals surface area contributed by atoms with E-state index >= 15 is 0 Å². The Bertz CT molecular complexity index is 151. The molecule has 0 saturated heterocycles. The highest BCUT2D eigenvalue weighted by Gasteiger charge is 1.93. The van der Waals surface area contributed by atoms with E-state index in [1.807, 2.05) is 26.0 Å². The van der Waals surface area contributed by atoms with Crippen molar-refractivity contribution in [2.75, 3.05) is 27.7 Å². The third-order valence-electron chi connectivity index (χ3n) is 3.56. The first-order valence-corrected chi connectivity index (χ1v) is 9.46. The van der Waals surface area contributed by atoms with Gasteiger partial charge in [-0.3, -0.25) is 0 Å². The second-order valence-corrected chi connectivity index (χ2v) is 6.73. The Morgan fingerprint density at radius 3 is 0.957 bits per heavy atom. The molecule has 0 unspecified atom stereocenters. The topological polar surface area (TPSA) is 29.3 Å². The molecule has 0 aromatic rings. The Kier molecular flexibility index (Phi) is 42.3. The van der Waals surface area contributed by atoms with Crippen molar-refractivity contribution in [3.8, 4) is 0 Å². The summed E-state index contributed by atoms with van der Waals surface area (Å²) < 4.78 is 0. The quantitative estimate of drug-likeness (QED) is 0.289. The van der Waals surface area contributed by atoms with Crippen LogP contribution in [0.1, 0.15) is 96.8 Å². The Balaban J connectivity index is -0.000000268. The molecule has 2 N–H and O–H groups in total. The summed E-state index contributed by atoms with van der Waals surface area (Å²) in [6.45, 7) is 3.16. The van der Waals surface area contributed by atoms with Gasteiger partial charge in [0.05, 0.1) is 0 Å². The van der Waals surface area contributed by atoms with Crippen LogP contribution in [0.2, 0.25) is 0 Å². The predicted octanol–water partition coefficient (Wildman–Crippen LogP) is 6.76. The van der Waals surface area contributed by atoms with Gasteiger partial charge >= 0.3 is 0 Å². The molecule has 0 bridgehead atoms. The molecule has 0 aliphatic carbocycles. The first-order chi connectivity index (χ1) is 10.1. The van der Waals surface area contributed by atoms with Crippen molar-refractivity contribution in [2.24, 2.45) is 5.73 Å². The van der Waals surface area contributed by atoms with Crippen molar-refractivity contribution in [3.63, 3.8) is 0 Å². The van der Waals surface area contributed by atoms with E-state index in [-0.39, 0.29) is 34.0 Å². The lowest BCUT2D eigenvalue weighted by Gasteiger charge is -2.02. The van der Waals surface area contributed by atoms with Gasteiger partial charge in [-0.1, -0.05) is 90.4 Å². The number of unbranched alkanes of at least 4 members (excludes halogenated alkanes) is 13. The van der Waals surface area contributed by atoms with Crippen LogP contribution in [0.3, 0.4) is 0 Å². The van der Waals surface area contributed by atoms with Crippen molar-refractivity contribution >= 4 is 34.0 Å². The monoisotopic (exact) mass is 460 g/mol. The van der Waals surface area contributed by atoms with Crippen LogP contribution in [0.25, 0.3) is 0 Å². The second kappa shape index (κ2) is 30.7. The molecule has 0 aliphatic rings. The standard InChI is InChI=1S/C16H35N.C3H9N.2BrH/c1-2-3-4-5-6-7-8-9-10-11-12-13-14-15-16-17;1-4(2)3;;/h2-17H2,1H3;1-3H3;2*1H. The van der Waals surface area contributed by atoms with E-state index in [1.54, 1.807) is 0 Å². The average molecular weight is 462 g/mol. The summed E-state index contributed by atoms with van der Waals surface area (Å²) >= 11 is 0. The number of halogens is 2. The number of nitrogens with two attached hydrogens (primary N) is 1. The van der Waals surface area contributed by atoms with Crippen molar-refractivity contribution in [1.29, 1.82) is 0 Å². The summed E-state index contributed by atoms with van der Waals surface area (Å²) in [4.78, 5) is 2.00. The van der Waals surface area contributed by atoms with Gasteiger partial charge < -0.3 is 10.6 Å². The fourth-order valence-corrected chi connectivity index (χ4v) is 2.34. The summed E-state index contributed by atoms with van der Waals surface area (Å²) in [5.74, 6) is 0. The normalized spacial score (nSPS) is 9.65. The highest BCUT2D eigenvalue weighted by Crippen LogP contribution is 2.12. The van der Waals surface area contributed by atoms with E-state index < -0.39 is 0 Å². The Hall–Kier alpha value is 0.880. The second-order valence-electron chi connectivity index (χ2n) is 6.73. The minimum Gasteiger partial charge on any atom is -0.330 e. The molecule has 0 aromatic carbocycles. The minimum atomic E-state index is 0. The Morgan fingerprint density at radius 2 is 0.739 bits per heavy atom. The zero-order valence-electron chi connectivity index (χ0n) is 16.4. The van der Waals surface area contributed by atoms with Crippen LogP contribution in [0.15, 0.2) is 0 Å². The van der Waals surface area contributed by atoms with Crippen LogP contribution in [-0.4, -0.2) is 32.6 Å². The highest BCUT2D eigenvalue weighted by molar-refractivity contribution is 8.93. The smallest absolute Gasteiger partial charge is 0.00773 e. The molecule has 0 rings (SSSR count). The van der Waals surface area contributed by atoms with Crippen molar-refractivity contribution in [1.82, 2.24) is 4.90 Å². The van der Waals surface area contributed by atoms with E-state index in [0.717, 1.165) is 6.54 Å². The fourth-order valence-electron chi connectivity index (χ4n) is 2.34. The number of rotatable bonds is 14. The van der Waals surface area contributed by atoms with E-state index in [4.69, 9.17) is 5.73 Å². The summed E-state index contributed by atoms with van der Waals surface area (Å²) in [7, 11) is 6.00. The summed E-state index contributed by atoms with van der Waals surface area (Å²) in [6.07, 6.45) is 19.9. The Morgan fingerprint density at radius 1 is 0.522 bits per heavy atom. The molecule has 0 heterocycles. The maximum absolute atomic E-state index is 5.47. The van der Waals surface area contributed by atoms with Gasteiger partial charge in [0.2, 0.25) is 0 Å². The van der Waals surface area contributed by atoms with Crippen molar-refractivity contribution < 1.29 is 0 Å². The van der Waals surface area contributed by atoms with E-state index in [9.17, 15) is 0 Å². The highest BCUT2D eigenvalue weighted by atomic mass is 79.9. The van der Waals surface area contributed by atoms with Crippen LogP contribution in [0.4, 0.5) is 0 Å². The lowest BCUT2D eigenvalue weighted by atomic mass is 10.0. The van der Waals surface area contributed by atoms with Gasteiger partial charge in [0.15, 0.2) is 0 Å². The minimum absolute atomic E-state index is 0. The van der Waals surface area contributed by atoms with E-state index in [1.165, 1.54) is 89.9 Å². The molecule has 146 valence electrons. The first kappa shape index (κ1) is 31.6. The van der Waals surface area contributed by atoms with Gasteiger partial charge in [-0.15, -0.1) is 34.0 Å². The van der Waals surface area contributed by atoms with E-state index in [2.05, 4.69) is 6.92 Å². The third-order valence-corrected chi connectivity index (χ3v) is 3.56. The molecule has 0 amide bonds. The number of nitrogens with zero attached hydrogens (tertiary/aromatic N) is 1. The maximum Gasteiger partial charge on any atom is -0.00773 e. The number of hydrogen-bond donors (Lipinski definition) is 1. The molecule has 0 radical (unpaired) electrons. The molecular formula is C19H46Br2N2. The van der Waals surface area contributed by atoms with Crippen LogP contribution in [0.5, 0.6) is 0 Å². The molecule has 0 fully saturated rings. The van der Waals surface area contributed by atoms with Crippen molar-refractivity contribution in [3.05, 3.63) is 0 Å². The third kappa shape index (κ3) is 45.1. The summed E-state index contributed by atoms with van der Waals surface area (Å²) in [5.41, 5.74) is 5.47. The van der Waals surface area contributed by atoms with Gasteiger partial charge in [0.1, 0.15) is 0 Å². The van der Waals surface area contributed by atoms with Gasteiger partial charge in [0.25, 0.3) is 0 Å². The molecule has 0 aromatic heterocycles. The van der Waals surface area contributed by atoms with Crippen LogP contribution in [0, 0.1) is 0 Å². The summed E-state index contributed by atoms with van der Waals surface area (Å²) in [5, 5.41) is 0. The van der Waals surface area contributed by atoms with Crippen LogP contribution >= 0.6 is 34.0 Å². The van der Waals surface area contributed by atoms with Gasteiger partial charge in [0, 0.05) is 0 Å². The largest absolute Gasteiger partial charge is 0.330 e. The van der Waals surface area contributed by atoms with E-state index in [0.29, 0.717) is 0 Å². The molecule has 23 heavy (non-hydrogen) atoms. The van der Waals surface area contributed by atoms with Gasteiger partial charge in [-0.2, -0.15) is 0 Å². The Labute approximate surface area is 168 Å². The SMILES string of the molecule is Br.Br.CCCCCCCCCCCCCCCCN.CN(C)C.